The summed E-state index contributed by atoms with van der Waals surface area (Å²) < 4.78 is 10.8. The van der Waals surface area contributed by atoms with Crippen molar-refractivity contribution < 1.29 is 14.3 Å². The molecule has 0 atom stereocenters. The highest BCUT2D eigenvalue weighted by molar-refractivity contribution is 5.75. The van der Waals surface area contributed by atoms with E-state index < -0.39 is 0 Å². The average molecular weight is 409 g/mol. The Balaban J connectivity index is 1.17. The number of hydrogen-bond acceptors (Lipinski definition) is 6. The zero-order valence-corrected chi connectivity index (χ0v) is 17.0. The number of nitrogens with zero attached hydrogens (tertiary/aromatic N) is 4. The van der Waals surface area contributed by atoms with E-state index in [2.05, 4.69) is 20.4 Å². The van der Waals surface area contributed by atoms with Crippen molar-refractivity contribution in [3.8, 4) is 22.8 Å². The lowest BCUT2D eigenvalue weighted by molar-refractivity contribution is 0.174. The number of carbonyl (C=O) groups is 1. The average Bonchev–Trinajstić information content (AvgIpc) is 3.28. The van der Waals surface area contributed by atoms with Gasteiger partial charge in [0, 0.05) is 37.8 Å². The number of aromatic nitrogens is 2. The van der Waals surface area contributed by atoms with Crippen molar-refractivity contribution in [2.45, 2.75) is 38.1 Å². The number of amides is 2. The van der Waals surface area contributed by atoms with Crippen LogP contribution in [-0.2, 0) is 0 Å². The van der Waals surface area contributed by atoms with Crippen molar-refractivity contribution in [1.29, 1.82) is 0 Å². The minimum Gasteiger partial charge on any atom is -0.454 e. The molecule has 1 saturated heterocycles. The summed E-state index contributed by atoms with van der Waals surface area (Å²) >= 11 is 0. The number of nitrogens with one attached hydrogen (secondary N) is 1. The lowest BCUT2D eigenvalue weighted by atomic mass is 9.96. The topological polar surface area (TPSA) is 79.8 Å². The molecule has 1 aromatic carbocycles. The van der Waals surface area contributed by atoms with Crippen LogP contribution in [-0.4, -0.2) is 60.1 Å². The molecule has 1 N–H and O–H groups in total. The molecule has 1 aromatic heterocycles. The number of hydrogen-bond donors (Lipinski definition) is 1. The van der Waals surface area contributed by atoms with Gasteiger partial charge in [0.05, 0.1) is 5.69 Å². The summed E-state index contributed by atoms with van der Waals surface area (Å²) in [6.07, 6.45) is 5.95. The number of anilines is 1. The fourth-order valence-corrected chi connectivity index (χ4v) is 4.36. The van der Waals surface area contributed by atoms with E-state index in [1.165, 1.54) is 19.3 Å². The van der Waals surface area contributed by atoms with Gasteiger partial charge in [-0.15, -0.1) is 10.2 Å². The Bertz CT molecular complexity index is 890. The fourth-order valence-electron chi connectivity index (χ4n) is 4.36. The van der Waals surface area contributed by atoms with Crippen LogP contribution in [0.3, 0.4) is 0 Å². The summed E-state index contributed by atoms with van der Waals surface area (Å²) in [5.41, 5.74) is 1.74. The molecular weight excluding hydrogens is 382 g/mol. The molecule has 30 heavy (non-hydrogen) atoms. The first-order valence-corrected chi connectivity index (χ1v) is 10.8. The van der Waals surface area contributed by atoms with E-state index in [9.17, 15) is 4.79 Å². The van der Waals surface area contributed by atoms with Gasteiger partial charge in [-0.2, -0.15) is 0 Å². The molecule has 2 amide bonds. The van der Waals surface area contributed by atoms with Crippen LogP contribution in [0, 0.1) is 0 Å². The quantitative estimate of drug-likeness (QED) is 0.839. The Morgan fingerprint density at radius 1 is 0.933 bits per heavy atom. The van der Waals surface area contributed by atoms with Gasteiger partial charge in [-0.1, -0.05) is 19.3 Å². The van der Waals surface area contributed by atoms with E-state index in [0.717, 1.165) is 54.5 Å². The Labute approximate surface area is 176 Å². The second-order valence-corrected chi connectivity index (χ2v) is 8.10. The van der Waals surface area contributed by atoms with E-state index in [1.54, 1.807) is 0 Å². The normalized spacial score (nSPS) is 19.1. The van der Waals surface area contributed by atoms with Crippen LogP contribution in [0.2, 0.25) is 0 Å². The van der Waals surface area contributed by atoms with Crippen LogP contribution in [0.1, 0.15) is 32.1 Å². The van der Waals surface area contributed by atoms with Gasteiger partial charge in [0.2, 0.25) is 6.79 Å². The molecule has 1 saturated carbocycles. The molecule has 158 valence electrons. The van der Waals surface area contributed by atoms with E-state index in [1.807, 2.05) is 35.2 Å². The molecule has 0 spiro atoms. The summed E-state index contributed by atoms with van der Waals surface area (Å²) in [6, 6.07) is 10.2. The molecule has 3 heterocycles. The summed E-state index contributed by atoms with van der Waals surface area (Å²) in [5, 5.41) is 12.0. The van der Waals surface area contributed by atoms with Gasteiger partial charge in [-0.05, 0) is 43.2 Å². The molecule has 0 radical (unpaired) electrons. The monoisotopic (exact) mass is 409 g/mol. The van der Waals surface area contributed by atoms with Gasteiger partial charge < -0.3 is 24.6 Å². The second-order valence-electron chi connectivity index (χ2n) is 8.10. The SMILES string of the molecule is O=C(NC1CCCCC1)N1CCN(c2ccc(-c3ccc4c(c3)OCO4)nn2)CC1. The third-order valence-electron chi connectivity index (χ3n) is 6.14. The Morgan fingerprint density at radius 3 is 2.50 bits per heavy atom. The molecule has 2 fully saturated rings. The zero-order chi connectivity index (χ0) is 20.3. The minimum atomic E-state index is 0.0748. The Morgan fingerprint density at radius 2 is 1.73 bits per heavy atom. The van der Waals surface area contributed by atoms with E-state index in [4.69, 9.17) is 9.47 Å². The largest absolute Gasteiger partial charge is 0.454 e. The van der Waals surface area contributed by atoms with Gasteiger partial charge in [-0.3, -0.25) is 0 Å². The number of ether oxygens (including phenoxy) is 2. The van der Waals surface area contributed by atoms with Crippen molar-refractivity contribution in [3.05, 3.63) is 30.3 Å². The van der Waals surface area contributed by atoms with Crippen LogP contribution in [0.4, 0.5) is 10.6 Å². The Kier molecular flexibility index (Phi) is 5.29. The zero-order valence-electron chi connectivity index (χ0n) is 17.0. The van der Waals surface area contributed by atoms with E-state index in [0.29, 0.717) is 19.1 Å². The molecule has 5 rings (SSSR count). The predicted octanol–water partition coefficient (Wildman–Crippen LogP) is 3.04. The predicted molar refractivity (Wildman–Crippen MR) is 113 cm³/mol. The minimum absolute atomic E-state index is 0.0748. The highest BCUT2D eigenvalue weighted by atomic mass is 16.7. The summed E-state index contributed by atoms with van der Waals surface area (Å²) in [5.74, 6) is 2.33. The van der Waals surface area contributed by atoms with Gasteiger partial charge in [-0.25, -0.2) is 4.79 Å². The number of piperazine rings is 1. The van der Waals surface area contributed by atoms with Crippen LogP contribution in [0.25, 0.3) is 11.3 Å². The van der Waals surface area contributed by atoms with Crippen LogP contribution in [0.5, 0.6) is 11.5 Å². The maximum atomic E-state index is 12.5. The number of rotatable bonds is 3. The summed E-state index contributed by atoms with van der Waals surface area (Å²) in [6.45, 7) is 3.18. The number of benzene rings is 1. The summed E-state index contributed by atoms with van der Waals surface area (Å²) in [4.78, 5) is 16.6. The lowest BCUT2D eigenvalue weighted by Crippen LogP contribution is -2.53. The van der Waals surface area contributed by atoms with Crippen molar-refractivity contribution in [2.24, 2.45) is 0 Å². The lowest BCUT2D eigenvalue weighted by Gasteiger charge is -2.36. The highest BCUT2D eigenvalue weighted by Crippen LogP contribution is 2.35. The number of urea groups is 1. The van der Waals surface area contributed by atoms with Crippen molar-refractivity contribution in [3.63, 3.8) is 0 Å². The first kappa shape index (κ1) is 19.0. The smallest absolute Gasteiger partial charge is 0.317 e. The molecule has 0 unspecified atom stereocenters. The highest BCUT2D eigenvalue weighted by Gasteiger charge is 2.24. The van der Waals surface area contributed by atoms with Crippen molar-refractivity contribution >= 4 is 11.8 Å². The molecule has 2 aliphatic heterocycles. The summed E-state index contributed by atoms with van der Waals surface area (Å²) in [7, 11) is 0. The third-order valence-corrected chi connectivity index (χ3v) is 6.14. The molecule has 0 bridgehead atoms. The molecule has 3 aliphatic rings. The first-order chi connectivity index (χ1) is 14.8. The second kappa shape index (κ2) is 8.38. The van der Waals surface area contributed by atoms with Gasteiger partial charge >= 0.3 is 6.03 Å². The van der Waals surface area contributed by atoms with Gasteiger partial charge in [0.25, 0.3) is 0 Å². The van der Waals surface area contributed by atoms with Crippen LogP contribution < -0.4 is 19.7 Å². The van der Waals surface area contributed by atoms with Crippen LogP contribution in [0.15, 0.2) is 30.3 Å². The molecule has 8 nitrogen and oxygen atoms in total. The fraction of sp³-hybridized carbons (Fsp3) is 0.500. The van der Waals surface area contributed by atoms with E-state index >= 15 is 0 Å². The Hall–Kier alpha value is -3.03. The number of fused-ring (bicyclic) bond motifs is 1. The van der Waals surface area contributed by atoms with Gasteiger partial charge in [0.15, 0.2) is 17.3 Å². The van der Waals surface area contributed by atoms with Gasteiger partial charge in [0.1, 0.15) is 0 Å². The van der Waals surface area contributed by atoms with Crippen molar-refractivity contribution in [2.75, 3.05) is 37.9 Å². The third kappa shape index (κ3) is 3.99. The molecule has 8 heteroatoms. The molecular formula is C22H27N5O3. The maximum absolute atomic E-state index is 12.5. The van der Waals surface area contributed by atoms with E-state index in [-0.39, 0.29) is 12.8 Å². The van der Waals surface area contributed by atoms with Crippen molar-refractivity contribution in [1.82, 2.24) is 20.4 Å². The maximum Gasteiger partial charge on any atom is 0.317 e. The first-order valence-electron chi connectivity index (χ1n) is 10.8. The van der Waals surface area contributed by atoms with Crippen LogP contribution >= 0.6 is 0 Å². The standard InChI is InChI=1S/C22H27N5O3/c28-22(23-17-4-2-1-3-5-17)27-12-10-26(11-13-27)21-9-7-18(24-25-21)16-6-8-19-20(14-16)30-15-29-19/h6-9,14,17H,1-5,10-13,15H2,(H,23,28). The molecule has 1 aliphatic carbocycles. The number of carbonyl (C=O) groups excluding carboxylic acids is 1. The molecule has 2 aromatic rings.